The molecule has 0 heterocycles. The van der Waals surface area contributed by atoms with Crippen LogP contribution in [0.4, 0.5) is 0 Å². The third kappa shape index (κ3) is 2.64. The van der Waals surface area contributed by atoms with Gasteiger partial charge in [0, 0.05) is 55.9 Å². The van der Waals surface area contributed by atoms with E-state index in [1.54, 1.807) is 6.92 Å². The number of hydrogen-bond acceptors (Lipinski definition) is 3. The Kier molecular flexibility index (Phi) is 5.52. The van der Waals surface area contributed by atoms with Crippen LogP contribution in [0.3, 0.4) is 0 Å². The summed E-state index contributed by atoms with van der Waals surface area (Å²) < 4.78 is 0. The molecule has 3 saturated carbocycles. The van der Waals surface area contributed by atoms with Crippen LogP contribution in [0.2, 0.25) is 0 Å². The van der Waals surface area contributed by atoms with Crippen LogP contribution in [0.25, 0.3) is 0 Å². The first kappa shape index (κ1) is 21.2. The average molecular weight is 571 g/mol. The van der Waals surface area contributed by atoms with Gasteiger partial charge in [0.2, 0.25) is 0 Å². The molecule has 4 rings (SSSR count). The standard InChI is InChI=1S/C22H32O3.Ac/c1-13-11-16-17(20(3)8-5-15(24)12-19(13)20)6-9-21(4)18(16)7-10-22(21,25)14(2)23;/h12-13,16-18,25H,5-11H2,1-4H3;/t13?,16?,17?,18?,20-,21+,22?;/m1./s1. The van der Waals surface area contributed by atoms with Crippen molar-refractivity contribution in [1.29, 1.82) is 0 Å². The molecule has 5 unspecified atom stereocenters. The Bertz CT molecular complexity index is 670. The molecule has 0 aliphatic heterocycles. The van der Waals surface area contributed by atoms with E-state index in [0.717, 1.165) is 32.1 Å². The Balaban J connectivity index is 0.00000196. The molecule has 0 amide bonds. The number of carbonyl (C=O) groups excluding carboxylic acids is 2. The fourth-order valence-corrected chi connectivity index (χ4v) is 7.58. The second-order valence-corrected chi connectivity index (χ2v) is 9.91. The molecule has 3 fully saturated rings. The van der Waals surface area contributed by atoms with Crippen LogP contribution in [-0.2, 0) is 9.59 Å². The molecule has 26 heavy (non-hydrogen) atoms. The van der Waals surface area contributed by atoms with Gasteiger partial charge in [-0.15, -0.1) is 0 Å². The van der Waals surface area contributed by atoms with Gasteiger partial charge >= 0.3 is 0 Å². The third-order valence-electron chi connectivity index (χ3n) is 9.01. The van der Waals surface area contributed by atoms with Gasteiger partial charge in [-0.3, -0.25) is 9.59 Å². The first-order valence-electron chi connectivity index (χ1n) is 10.1. The van der Waals surface area contributed by atoms with Crippen LogP contribution in [0.5, 0.6) is 0 Å². The quantitative estimate of drug-likeness (QED) is 0.516. The number of hydrogen-bond donors (Lipinski definition) is 1. The predicted octanol–water partition coefficient (Wildman–Crippen LogP) is 4.08. The van der Waals surface area contributed by atoms with Gasteiger partial charge in [-0.2, -0.15) is 0 Å². The summed E-state index contributed by atoms with van der Waals surface area (Å²) in [4.78, 5) is 24.3. The molecule has 4 aliphatic carbocycles. The molecule has 4 aliphatic rings. The summed E-state index contributed by atoms with van der Waals surface area (Å²) in [5.74, 6) is 2.27. The van der Waals surface area contributed by atoms with Crippen LogP contribution < -0.4 is 0 Å². The predicted molar refractivity (Wildman–Crippen MR) is 96.9 cm³/mol. The summed E-state index contributed by atoms with van der Waals surface area (Å²) in [6.07, 6.45) is 8.31. The van der Waals surface area contributed by atoms with Gasteiger partial charge in [-0.25, -0.2) is 0 Å². The zero-order valence-corrected chi connectivity index (χ0v) is 21.4. The maximum absolute atomic E-state index is 12.3. The fourth-order valence-electron chi connectivity index (χ4n) is 7.58. The Morgan fingerprint density at radius 1 is 1.15 bits per heavy atom. The summed E-state index contributed by atoms with van der Waals surface area (Å²) in [5, 5.41) is 11.2. The summed E-state index contributed by atoms with van der Waals surface area (Å²) in [6, 6.07) is 0. The van der Waals surface area contributed by atoms with Crippen molar-refractivity contribution in [3.05, 3.63) is 11.6 Å². The molecule has 0 aromatic rings. The molecule has 4 heteroatoms. The Hall–Kier alpha value is 0.482. The van der Waals surface area contributed by atoms with Crippen LogP contribution in [-0.4, -0.2) is 22.3 Å². The molecule has 141 valence electrons. The summed E-state index contributed by atoms with van der Waals surface area (Å²) in [5.41, 5.74) is 0.107. The number of fused-ring (bicyclic) bond motifs is 5. The molecule has 0 aromatic carbocycles. The average Bonchev–Trinajstić information content (AvgIpc) is 2.83. The Labute approximate surface area is 193 Å². The second-order valence-electron chi connectivity index (χ2n) is 9.91. The van der Waals surface area contributed by atoms with Crippen molar-refractivity contribution in [2.75, 3.05) is 0 Å². The van der Waals surface area contributed by atoms with Gasteiger partial charge in [-0.05, 0) is 80.6 Å². The van der Waals surface area contributed by atoms with Crippen molar-refractivity contribution in [1.82, 2.24) is 0 Å². The number of aliphatic hydroxyl groups is 1. The van der Waals surface area contributed by atoms with Crippen molar-refractivity contribution >= 4 is 11.6 Å². The van der Waals surface area contributed by atoms with E-state index in [9.17, 15) is 14.7 Å². The fraction of sp³-hybridized carbons (Fsp3) is 0.818. The smallest absolute Gasteiger partial charge is 0.161 e. The van der Waals surface area contributed by atoms with Gasteiger partial charge in [0.1, 0.15) is 5.60 Å². The van der Waals surface area contributed by atoms with Crippen LogP contribution in [0.1, 0.15) is 72.6 Å². The number of ketones is 2. The van der Waals surface area contributed by atoms with Crippen LogP contribution >= 0.6 is 0 Å². The normalized spacial score (nSPS) is 50.0. The minimum Gasteiger partial charge on any atom is -0.382 e. The van der Waals surface area contributed by atoms with Gasteiger partial charge < -0.3 is 5.11 Å². The monoisotopic (exact) mass is 571 g/mol. The van der Waals surface area contributed by atoms with E-state index in [4.69, 9.17) is 0 Å². The topological polar surface area (TPSA) is 54.4 Å². The number of carbonyl (C=O) groups is 2. The van der Waals surface area contributed by atoms with E-state index < -0.39 is 5.60 Å². The minimum absolute atomic E-state index is 0. The van der Waals surface area contributed by atoms with E-state index in [1.165, 1.54) is 5.57 Å². The van der Waals surface area contributed by atoms with Crippen LogP contribution in [0, 0.1) is 78.6 Å². The SMILES string of the molecule is CC(=O)C1(O)CCC2C3CC(C)C4=CC(=O)CC[C@]4(C)C3CC[C@@]21C.[Ac]. The Morgan fingerprint density at radius 3 is 2.46 bits per heavy atom. The molecule has 1 radical (unpaired) electrons. The molecule has 3 nitrogen and oxygen atoms in total. The molecule has 7 atom stereocenters. The molecular weight excluding hydrogens is 539 g/mol. The van der Waals surface area contributed by atoms with Gasteiger partial charge in [0.15, 0.2) is 11.6 Å². The largest absolute Gasteiger partial charge is 0.382 e. The van der Waals surface area contributed by atoms with Gasteiger partial charge in [-0.1, -0.05) is 26.3 Å². The third-order valence-corrected chi connectivity index (χ3v) is 9.01. The van der Waals surface area contributed by atoms with Crippen LogP contribution in [0.15, 0.2) is 11.6 Å². The van der Waals surface area contributed by atoms with Crippen molar-refractivity contribution in [3.63, 3.8) is 0 Å². The van der Waals surface area contributed by atoms with Crippen molar-refractivity contribution in [2.24, 2.45) is 34.5 Å². The van der Waals surface area contributed by atoms with E-state index in [1.807, 2.05) is 6.08 Å². The van der Waals surface area contributed by atoms with Crippen molar-refractivity contribution < 1.29 is 58.8 Å². The van der Waals surface area contributed by atoms with Crippen molar-refractivity contribution in [3.8, 4) is 0 Å². The zero-order chi connectivity index (χ0) is 18.2. The molecule has 1 N–H and O–H groups in total. The number of allylic oxidation sites excluding steroid dienone is 1. The molecular formula is C22H32AcO3. The maximum Gasteiger partial charge on any atom is 0.161 e. The molecule has 0 spiro atoms. The summed E-state index contributed by atoms with van der Waals surface area (Å²) in [7, 11) is 0. The first-order chi connectivity index (χ1) is 11.6. The molecule has 0 aromatic heterocycles. The second kappa shape index (κ2) is 6.77. The summed E-state index contributed by atoms with van der Waals surface area (Å²) in [6.45, 7) is 8.40. The van der Waals surface area contributed by atoms with Crippen molar-refractivity contribution in [2.45, 2.75) is 78.2 Å². The zero-order valence-electron chi connectivity index (χ0n) is 16.7. The van der Waals surface area contributed by atoms with E-state index in [2.05, 4.69) is 20.8 Å². The van der Waals surface area contributed by atoms with E-state index in [0.29, 0.717) is 42.3 Å². The van der Waals surface area contributed by atoms with E-state index in [-0.39, 0.29) is 60.7 Å². The Morgan fingerprint density at radius 2 is 1.81 bits per heavy atom. The minimum atomic E-state index is -1.13. The van der Waals surface area contributed by atoms with Gasteiger partial charge in [0.25, 0.3) is 0 Å². The molecule has 0 bridgehead atoms. The molecule has 0 saturated heterocycles. The maximum atomic E-state index is 12.3. The number of Topliss-reactive ketones (excluding diaryl/α,β-unsaturated/α-hetero) is 1. The van der Waals surface area contributed by atoms with Gasteiger partial charge in [0.05, 0.1) is 0 Å². The number of rotatable bonds is 1. The van der Waals surface area contributed by atoms with E-state index >= 15 is 0 Å². The first-order valence-corrected chi connectivity index (χ1v) is 10.1. The summed E-state index contributed by atoms with van der Waals surface area (Å²) >= 11 is 0.